The smallest absolute Gasteiger partial charge is 0.266 e. The van der Waals surface area contributed by atoms with E-state index >= 15 is 0 Å². The van der Waals surface area contributed by atoms with Crippen LogP contribution in [0.4, 0.5) is 11.4 Å². The van der Waals surface area contributed by atoms with E-state index in [2.05, 4.69) is 15.9 Å². The van der Waals surface area contributed by atoms with Gasteiger partial charge in [0.05, 0.1) is 17.4 Å². The number of anilines is 2. The fourth-order valence-electron chi connectivity index (χ4n) is 4.17. The Kier molecular flexibility index (Phi) is 5.26. The zero-order valence-corrected chi connectivity index (χ0v) is 19.0. The summed E-state index contributed by atoms with van der Waals surface area (Å²) in [5, 5.41) is 2.35. The van der Waals surface area contributed by atoms with Gasteiger partial charge in [-0.2, -0.15) is 0 Å². The molecule has 2 saturated heterocycles. The first-order valence-electron chi connectivity index (χ1n) is 9.54. The number of amides is 2. The van der Waals surface area contributed by atoms with Crippen molar-refractivity contribution in [1.82, 2.24) is 0 Å². The largest absolute Gasteiger partial charge is 0.273 e. The van der Waals surface area contributed by atoms with Crippen molar-refractivity contribution in [3.05, 3.63) is 92.9 Å². The molecule has 2 fully saturated rings. The SMILES string of the molecule is O=C1[C@H]2[C@@H](ON(c3ccccc3)[C@H]2c2cccc(Br)c2)C(=O)N1c1cc(Cl)cc(Cl)c1. The molecule has 0 spiro atoms. The molecular formula is C23H15BrCl2N2O3. The van der Waals surface area contributed by atoms with Crippen LogP contribution < -0.4 is 9.96 Å². The summed E-state index contributed by atoms with van der Waals surface area (Å²) in [5.74, 6) is -1.51. The Bertz CT molecular complexity index is 1170. The average Bonchev–Trinajstić information content (AvgIpc) is 3.24. The Hall–Kier alpha value is -2.38. The van der Waals surface area contributed by atoms with Crippen LogP contribution in [-0.2, 0) is 14.4 Å². The van der Waals surface area contributed by atoms with Crippen LogP contribution in [0.5, 0.6) is 0 Å². The summed E-state index contributed by atoms with van der Waals surface area (Å²) in [7, 11) is 0. The van der Waals surface area contributed by atoms with Gasteiger partial charge in [0.2, 0.25) is 5.91 Å². The number of benzene rings is 3. The van der Waals surface area contributed by atoms with Crippen molar-refractivity contribution in [2.75, 3.05) is 9.96 Å². The minimum Gasteiger partial charge on any atom is -0.273 e. The van der Waals surface area contributed by atoms with Gasteiger partial charge in [-0.25, -0.2) is 9.96 Å². The molecule has 2 amide bonds. The number of para-hydroxylation sites is 1. The maximum atomic E-state index is 13.6. The van der Waals surface area contributed by atoms with Crippen LogP contribution >= 0.6 is 39.1 Å². The lowest BCUT2D eigenvalue weighted by Gasteiger charge is -2.29. The van der Waals surface area contributed by atoms with E-state index < -0.39 is 24.0 Å². The fourth-order valence-corrected chi connectivity index (χ4v) is 5.10. The number of nitrogens with zero attached hydrogens (tertiary/aromatic N) is 2. The second-order valence-corrected chi connectivity index (χ2v) is 9.14. The van der Waals surface area contributed by atoms with Crippen LogP contribution in [0.25, 0.3) is 0 Å². The van der Waals surface area contributed by atoms with E-state index in [1.54, 1.807) is 23.3 Å². The van der Waals surface area contributed by atoms with Crippen molar-refractivity contribution < 1.29 is 14.4 Å². The summed E-state index contributed by atoms with van der Waals surface area (Å²) >= 11 is 15.7. The second-order valence-electron chi connectivity index (χ2n) is 7.35. The molecule has 0 bridgehead atoms. The summed E-state index contributed by atoms with van der Waals surface area (Å²) in [6.07, 6.45) is -0.950. The highest BCUT2D eigenvalue weighted by molar-refractivity contribution is 9.10. The molecule has 0 saturated carbocycles. The molecule has 2 aliphatic rings. The first-order chi connectivity index (χ1) is 14.9. The van der Waals surface area contributed by atoms with E-state index in [0.717, 1.165) is 20.6 Å². The van der Waals surface area contributed by atoms with E-state index in [1.165, 1.54) is 0 Å². The van der Waals surface area contributed by atoms with Gasteiger partial charge in [0.1, 0.15) is 5.92 Å². The highest BCUT2D eigenvalue weighted by Crippen LogP contribution is 2.48. The molecule has 31 heavy (non-hydrogen) atoms. The molecule has 2 aliphatic heterocycles. The van der Waals surface area contributed by atoms with E-state index in [9.17, 15) is 9.59 Å². The predicted molar refractivity (Wildman–Crippen MR) is 123 cm³/mol. The Labute approximate surface area is 197 Å². The van der Waals surface area contributed by atoms with Gasteiger partial charge in [-0.3, -0.25) is 14.4 Å². The number of hydrogen-bond acceptors (Lipinski definition) is 4. The van der Waals surface area contributed by atoms with Crippen LogP contribution in [0.1, 0.15) is 11.6 Å². The predicted octanol–water partition coefficient (Wildman–Crippen LogP) is 5.81. The Morgan fingerprint density at radius 3 is 2.19 bits per heavy atom. The molecule has 5 nitrogen and oxygen atoms in total. The van der Waals surface area contributed by atoms with E-state index in [4.69, 9.17) is 28.0 Å². The minimum atomic E-state index is -0.950. The van der Waals surface area contributed by atoms with Gasteiger partial charge in [-0.05, 0) is 48.0 Å². The van der Waals surface area contributed by atoms with Crippen molar-refractivity contribution in [2.24, 2.45) is 5.92 Å². The molecule has 0 aromatic heterocycles. The number of hydrogen-bond donors (Lipinski definition) is 0. The van der Waals surface area contributed by atoms with E-state index in [1.807, 2.05) is 54.6 Å². The standard InChI is InChI=1S/C23H15BrCl2N2O3/c24-14-6-4-5-13(9-14)20-19-21(31-28(20)17-7-2-1-3-8-17)23(30)27(22(19)29)18-11-15(25)10-16(26)12-18/h1-12,19-21H/t19-,20+,21-/m1/s1. The third-order valence-corrected chi connectivity index (χ3v) is 6.35. The Balaban J connectivity index is 1.60. The van der Waals surface area contributed by atoms with Crippen LogP contribution in [0, 0.1) is 5.92 Å². The van der Waals surface area contributed by atoms with Crippen LogP contribution in [0.2, 0.25) is 10.0 Å². The topological polar surface area (TPSA) is 49.9 Å². The summed E-state index contributed by atoms with van der Waals surface area (Å²) in [6.45, 7) is 0. The number of rotatable bonds is 3. The summed E-state index contributed by atoms with van der Waals surface area (Å²) in [4.78, 5) is 34.1. The lowest BCUT2D eigenvalue weighted by Crippen LogP contribution is -2.37. The second kappa shape index (κ2) is 7.95. The molecule has 0 N–H and O–H groups in total. The first-order valence-corrected chi connectivity index (χ1v) is 11.1. The molecule has 8 heteroatoms. The molecule has 156 valence electrons. The van der Waals surface area contributed by atoms with Gasteiger partial charge >= 0.3 is 0 Å². The molecule has 5 rings (SSSR count). The normalized spacial score (nSPS) is 22.9. The third-order valence-electron chi connectivity index (χ3n) is 5.42. The Morgan fingerprint density at radius 1 is 0.806 bits per heavy atom. The van der Waals surface area contributed by atoms with E-state index in [-0.39, 0.29) is 5.91 Å². The van der Waals surface area contributed by atoms with Crippen molar-refractivity contribution in [3.8, 4) is 0 Å². The fraction of sp³-hybridized carbons (Fsp3) is 0.130. The van der Waals surface area contributed by atoms with Gasteiger partial charge in [0.25, 0.3) is 5.91 Å². The average molecular weight is 518 g/mol. The highest BCUT2D eigenvalue weighted by atomic mass is 79.9. The zero-order chi connectivity index (χ0) is 21.7. The van der Waals surface area contributed by atoms with Crippen molar-refractivity contribution >= 4 is 62.3 Å². The molecule has 0 unspecified atom stereocenters. The monoisotopic (exact) mass is 516 g/mol. The van der Waals surface area contributed by atoms with Gasteiger partial charge < -0.3 is 0 Å². The van der Waals surface area contributed by atoms with Crippen LogP contribution in [-0.4, -0.2) is 17.9 Å². The zero-order valence-electron chi connectivity index (χ0n) is 15.9. The third kappa shape index (κ3) is 3.53. The molecule has 0 aliphatic carbocycles. The van der Waals surface area contributed by atoms with Gasteiger partial charge in [-0.1, -0.05) is 69.5 Å². The molecule has 3 aromatic rings. The van der Waals surface area contributed by atoms with Crippen molar-refractivity contribution in [1.29, 1.82) is 0 Å². The maximum Gasteiger partial charge on any atom is 0.266 e. The minimum absolute atomic E-state index is 0.338. The quantitative estimate of drug-likeness (QED) is 0.411. The van der Waals surface area contributed by atoms with Gasteiger partial charge in [0.15, 0.2) is 6.10 Å². The number of carbonyl (C=O) groups is 2. The number of hydroxylamine groups is 1. The number of halogens is 3. The number of carbonyl (C=O) groups excluding carboxylic acids is 2. The molecular weight excluding hydrogens is 503 g/mol. The van der Waals surface area contributed by atoms with Crippen molar-refractivity contribution in [3.63, 3.8) is 0 Å². The lowest BCUT2D eigenvalue weighted by molar-refractivity contribution is -0.126. The molecule has 3 aromatic carbocycles. The molecule has 2 heterocycles. The summed E-state index contributed by atoms with van der Waals surface area (Å²) < 4.78 is 0.872. The molecule has 3 atom stereocenters. The van der Waals surface area contributed by atoms with Gasteiger partial charge in [-0.15, -0.1) is 0 Å². The maximum absolute atomic E-state index is 13.6. The first kappa shape index (κ1) is 20.5. The molecule has 0 radical (unpaired) electrons. The highest BCUT2D eigenvalue weighted by Gasteiger charge is 2.60. The number of imide groups is 1. The van der Waals surface area contributed by atoms with Crippen LogP contribution in [0.3, 0.4) is 0 Å². The summed E-state index contributed by atoms with van der Waals surface area (Å²) in [6, 6.07) is 21.3. The lowest BCUT2D eigenvalue weighted by atomic mass is 9.90. The van der Waals surface area contributed by atoms with Gasteiger partial charge in [0, 0.05) is 14.5 Å². The van der Waals surface area contributed by atoms with E-state index in [0.29, 0.717) is 15.7 Å². The van der Waals surface area contributed by atoms with Crippen molar-refractivity contribution in [2.45, 2.75) is 12.1 Å². The Morgan fingerprint density at radius 2 is 1.52 bits per heavy atom. The van der Waals surface area contributed by atoms with Crippen LogP contribution in [0.15, 0.2) is 77.3 Å². The number of fused-ring (bicyclic) bond motifs is 1. The summed E-state index contributed by atoms with van der Waals surface area (Å²) in [5.41, 5.74) is 1.96.